The van der Waals surface area contributed by atoms with Crippen molar-refractivity contribution in [2.75, 3.05) is 6.54 Å². The maximum absolute atomic E-state index is 3.53. The number of hydrogen-bond acceptors (Lipinski definition) is 1. The summed E-state index contributed by atoms with van der Waals surface area (Å²) in [4.78, 5) is 0. The van der Waals surface area contributed by atoms with Crippen LogP contribution in [0.3, 0.4) is 0 Å². The zero-order valence-corrected chi connectivity index (χ0v) is 10.6. The minimum atomic E-state index is 0.662. The van der Waals surface area contributed by atoms with Gasteiger partial charge in [0.05, 0.1) is 0 Å². The quantitative estimate of drug-likeness (QED) is 0.861. The zero-order valence-electron chi connectivity index (χ0n) is 10.6. The molecule has 1 atom stereocenters. The molecule has 0 fully saturated rings. The van der Waals surface area contributed by atoms with Gasteiger partial charge in [0.15, 0.2) is 0 Å². The Morgan fingerprint density at radius 3 is 2.61 bits per heavy atom. The van der Waals surface area contributed by atoms with Crippen LogP contribution in [0.2, 0.25) is 0 Å². The smallest absolute Gasteiger partial charge is 0.0208 e. The number of rotatable bonds is 3. The van der Waals surface area contributed by atoms with E-state index in [1.165, 1.54) is 24.0 Å². The van der Waals surface area contributed by atoms with Gasteiger partial charge in [0.25, 0.3) is 0 Å². The van der Waals surface area contributed by atoms with Gasteiger partial charge in [-0.15, -0.1) is 0 Å². The molecule has 1 aliphatic heterocycles. The van der Waals surface area contributed by atoms with E-state index in [2.05, 4.69) is 59.9 Å². The van der Waals surface area contributed by atoms with Crippen molar-refractivity contribution in [3.63, 3.8) is 0 Å². The van der Waals surface area contributed by atoms with E-state index in [1.807, 2.05) is 0 Å². The van der Waals surface area contributed by atoms with Crippen molar-refractivity contribution in [1.82, 2.24) is 5.32 Å². The molecule has 0 aliphatic carbocycles. The van der Waals surface area contributed by atoms with Crippen molar-refractivity contribution in [1.29, 1.82) is 0 Å². The summed E-state index contributed by atoms with van der Waals surface area (Å²) in [6, 6.07) is 19.6. The number of fused-ring (bicyclic) bond motifs is 1. The van der Waals surface area contributed by atoms with Crippen molar-refractivity contribution in [2.45, 2.75) is 25.3 Å². The summed E-state index contributed by atoms with van der Waals surface area (Å²) in [5, 5.41) is 3.53. The lowest BCUT2D eigenvalue weighted by Gasteiger charge is -2.26. The highest BCUT2D eigenvalue weighted by molar-refractivity contribution is 5.32. The van der Waals surface area contributed by atoms with Crippen LogP contribution in [0.15, 0.2) is 54.6 Å². The SMILES string of the molecule is c1ccc(CCC2CNCc3ccccc32)cc1. The molecule has 2 aromatic rings. The van der Waals surface area contributed by atoms with Crippen LogP contribution in [0.25, 0.3) is 0 Å². The van der Waals surface area contributed by atoms with E-state index in [-0.39, 0.29) is 0 Å². The van der Waals surface area contributed by atoms with E-state index in [1.54, 1.807) is 5.56 Å². The first-order chi connectivity index (χ1) is 8.93. The molecule has 0 bridgehead atoms. The van der Waals surface area contributed by atoms with E-state index in [4.69, 9.17) is 0 Å². The maximum Gasteiger partial charge on any atom is 0.0208 e. The summed E-state index contributed by atoms with van der Waals surface area (Å²) in [7, 11) is 0. The van der Waals surface area contributed by atoms with Gasteiger partial charge in [-0.05, 0) is 35.4 Å². The van der Waals surface area contributed by atoms with Gasteiger partial charge in [0.1, 0.15) is 0 Å². The molecule has 0 saturated heterocycles. The molecule has 1 heterocycles. The summed E-state index contributed by atoms with van der Waals surface area (Å²) < 4.78 is 0. The van der Waals surface area contributed by atoms with Crippen LogP contribution in [0, 0.1) is 0 Å². The van der Waals surface area contributed by atoms with Crippen LogP contribution in [-0.2, 0) is 13.0 Å². The van der Waals surface area contributed by atoms with Crippen molar-refractivity contribution in [3.05, 3.63) is 71.3 Å². The normalized spacial score (nSPS) is 18.3. The predicted octanol–water partition coefficient (Wildman–Crippen LogP) is 3.51. The lowest BCUT2D eigenvalue weighted by atomic mass is 9.87. The topological polar surface area (TPSA) is 12.0 Å². The van der Waals surface area contributed by atoms with Crippen molar-refractivity contribution >= 4 is 0 Å². The van der Waals surface area contributed by atoms with Crippen LogP contribution >= 0.6 is 0 Å². The Morgan fingerprint density at radius 2 is 1.72 bits per heavy atom. The van der Waals surface area contributed by atoms with Gasteiger partial charge in [-0.1, -0.05) is 54.6 Å². The van der Waals surface area contributed by atoms with Gasteiger partial charge in [0, 0.05) is 13.1 Å². The van der Waals surface area contributed by atoms with E-state index in [0.717, 1.165) is 13.1 Å². The lowest BCUT2D eigenvalue weighted by Crippen LogP contribution is -2.28. The van der Waals surface area contributed by atoms with Crippen LogP contribution in [0.1, 0.15) is 29.0 Å². The Bertz CT molecular complexity index is 504. The van der Waals surface area contributed by atoms with E-state index >= 15 is 0 Å². The minimum Gasteiger partial charge on any atom is -0.312 e. The fourth-order valence-electron chi connectivity index (χ4n) is 2.83. The Kier molecular flexibility index (Phi) is 3.42. The van der Waals surface area contributed by atoms with Crippen molar-refractivity contribution < 1.29 is 0 Å². The summed E-state index contributed by atoms with van der Waals surface area (Å²) in [5.41, 5.74) is 4.47. The monoisotopic (exact) mass is 237 g/mol. The molecule has 1 unspecified atom stereocenters. The second kappa shape index (κ2) is 5.36. The molecule has 1 N–H and O–H groups in total. The molecule has 1 nitrogen and oxygen atoms in total. The number of aryl methyl sites for hydroxylation is 1. The van der Waals surface area contributed by atoms with Gasteiger partial charge in [-0.3, -0.25) is 0 Å². The average Bonchev–Trinajstić information content (AvgIpc) is 2.46. The predicted molar refractivity (Wildman–Crippen MR) is 75.7 cm³/mol. The van der Waals surface area contributed by atoms with E-state index in [9.17, 15) is 0 Å². The Labute approximate surface area is 109 Å². The first-order valence-electron chi connectivity index (χ1n) is 6.76. The molecule has 1 aliphatic rings. The lowest BCUT2D eigenvalue weighted by molar-refractivity contribution is 0.514. The van der Waals surface area contributed by atoms with E-state index in [0.29, 0.717) is 5.92 Å². The molecule has 0 aromatic heterocycles. The Balaban J connectivity index is 1.71. The molecular formula is C17H19N. The van der Waals surface area contributed by atoms with Crippen LogP contribution in [0.5, 0.6) is 0 Å². The average molecular weight is 237 g/mol. The molecular weight excluding hydrogens is 218 g/mol. The molecule has 0 amide bonds. The highest BCUT2D eigenvalue weighted by Crippen LogP contribution is 2.27. The number of nitrogens with one attached hydrogen (secondary N) is 1. The fourth-order valence-corrected chi connectivity index (χ4v) is 2.83. The third-order valence-electron chi connectivity index (χ3n) is 3.83. The molecule has 3 rings (SSSR count). The van der Waals surface area contributed by atoms with Gasteiger partial charge in [-0.2, -0.15) is 0 Å². The van der Waals surface area contributed by atoms with Crippen LogP contribution < -0.4 is 5.32 Å². The number of benzene rings is 2. The summed E-state index contributed by atoms with van der Waals surface area (Å²) in [5.74, 6) is 0.662. The molecule has 2 aromatic carbocycles. The van der Waals surface area contributed by atoms with Crippen molar-refractivity contribution in [2.24, 2.45) is 0 Å². The second-order valence-corrected chi connectivity index (χ2v) is 5.05. The Morgan fingerprint density at radius 1 is 0.944 bits per heavy atom. The molecule has 0 radical (unpaired) electrons. The third-order valence-corrected chi connectivity index (χ3v) is 3.83. The van der Waals surface area contributed by atoms with Gasteiger partial charge >= 0.3 is 0 Å². The van der Waals surface area contributed by atoms with Crippen LogP contribution in [0.4, 0.5) is 0 Å². The summed E-state index contributed by atoms with van der Waals surface area (Å²) in [6.45, 7) is 2.14. The minimum absolute atomic E-state index is 0.662. The fraction of sp³-hybridized carbons (Fsp3) is 0.294. The second-order valence-electron chi connectivity index (χ2n) is 5.05. The summed E-state index contributed by atoms with van der Waals surface area (Å²) >= 11 is 0. The molecule has 0 saturated carbocycles. The molecule has 92 valence electrons. The first kappa shape index (κ1) is 11.5. The standard InChI is InChI=1S/C17H19N/c1-2-6-14(7-3-1)10-11-16-13-18-12-15-8-4-5-9-17(15)16/h1-9,16,18H,10-13H2. The van der Waals surface area contributed by atoms with Gasteiger partial charge in [0.2, 0.25) is 0 Å². The Hall–Kier alpha value is -1.60. The molecule has 0 spiro atoms. The van der Waals surface area contributed by atoms with Gasteiger partial charge < -0.3 is 5.32 Å². The van der Waals surface area contributed by atoms with Crippen LogP contribution in [-0.4, -0.2) is 6.54 Å². The maximum atomic E-state index is 3.53. The zero-order chi connectivity index (χ0) is 12.2. The first-order valence-corrected chi connectivity index (χ1v) is 6.76. The highest BCUT2D eigenvalue weighted by atomic mass is 14.9. The summed E-state index contributed by atoms with van der Waals surface area (Å²) in [6.07, 6.45) is 2.40. The van der Waals surface area contributed by atoms with Crippen molar-refractivity contribution in [3.8, 4) is 0 Å². The van der Waals surface area contributed by atoms with E-state index < -0.39 is 0 Å². The largest absolute Gasteiger partial charge is 0.312 e. The molecule has 18 heavy (non-hydrogen) atoms. The molecule has 1 heteroatoms. The van der Waals surface area contributed by atoms with Gasteiger partial charge in [-0.25, -0.2) is 0 Å². The third kappa shape index (κ3) is 2.46. The number of hydrogen-bond donors (Lipinski definition) is 1. The highest BCUT2D eigenvalue weighted by Gasteiger charge is 2.18.